The zero-order valence-corrected chi connectivity index (χ0v) is 19.2. The molecule has 0 aliphatic carbocycles. The topological polar surface area (TPSA) is 87.3 Å². The molecule has 0 fully saturated rings. The van der Waals surface area contributed by atoms with E-state index in [2.05, 4.69) is 22.5 Å². The molecule has 0 spiro atoms. The van der Waals surface area contributed by atoms with Crippen molar-refractivity contribution in [2.24, 2.45) is 17.8 Å². The summed E-state index contributed by atoms with van der Waals surface area (Å²) in [7, 11) is 0. The third-order valence-corrected chi connectivity index (χ3v) is 4.61. The van der Waals surface area contributed by atoms with E-state index in [1.807, 2.05) is 41.5 Å². The van der Waals surface area contributed by atoms with E-state index in [9.17, 15) is 14.4 Å². The van der Waals surface area contributed by atoms with E-state index < -0.39 is 5.92 Å². The lowest BCUT2D eigenvalue weighted by molar-refractivity contribution is -0.130. The van der Waals surface area contributed by atoms with Gasteiger partial charge in [0.1, 0.15) is 0 Å². The predicted octanol–water partition coefficient (Wildman–Crippen LogP) is 2.99. The molecule has 0 bridgehead atoms. The van der Waals surface area contributed by atoms with Crippen LogP contribution in [0.1, 0.15) is 61.3 Å². The average molecular weight is 408 g/mol. The quantitative estimate of drug-likeness (QED) is 0.235. The van der Waals surface area contributed by atoms with Crippen molar-refractivity contribution < 1.29 is 14.4 Å². The first-order valence-electron chi connectivity index (χ1n) is 10.7. The lowest BCUT2D eigenvalue weighted by atomic mass is 9.92. The Labute approximate surface area is 177 Å². The maximum atomic E-state index is 12.7. The van der Waals surface area contributed by atoms with Gasteiger partial charge in [-0.1, -0.05) is 60.6 Å². The van der Waals surface area contributed by atoms with Gasteiger partial charge in [0.25, 0.3) is 0 Å². The molecule has 0 aromatic rings. The van der Waals surface area contributed by atoms with Gasteiger partial charge in [0, 0.05) is 37.0 Å². The van der Waals surface area contributed by atoms with Crippen molar-refractivity contribution in [1.82, 2.24) is 16.0 Å². The molecule has 6 nitrogen and oxygen atoms in total. The molecule has 0 unspecified atom stereocenters. The summed E-state index contributed by atoms with van der Waals surface area (Å²) in [6.07, 6.45) is 5.79. The van der Waals surface area contributed by atoms with Crippen LogP contribution in [0.4, 0.5) is 0 Å². The maximum Gasteiger partial charge on any atom is 0.243 e. The monoisotopic (exact) mass is 407 g/mol. The van der Waals surface area contributed by atoms with Crippen LogP contribution in [0.2, 0.25) is 0 Å². The Bertz CT molecular complexity index is 568. The van der Waals surface area contributed by atoms with Crippen LogP contribution in [0.5, 0.6) is 0 Å². The van der Waals surface area contributed by atoms with Gasteiger partial charge in [0.05, 0.1) is 6.04 Å². The summed E-state index contributed by atoms with van der Waals surface area (Å²) in [4.78, 5) is 37.2. The summed E-state index contributed by atoms with van der Waals surface area (Å²) in [5.74, 6) is -0.491. The standard InChI is InChI=1S/C23H41N3O3/c1-9-10-13-24-21(28)12-11-19(15(2)3)26-23(29)18(8)14-20(27)22(16(4)5)25-17(6)7/h9,11-12,15-19,22,25H,1,10,13-14H2,2-8H3,(H,24,28)(H,26,29)/b12-11+/t18-,19-,22+/m1/s1. The largest absolute Gasteiger partial charge is 0.352 e. The van der Waals surface area contributed by atoms with Gasteiger partial charge in [0.2, 0.25) is 11.8 Å². The molecule has 0 saturated carbocycles. The SMILES string of the molecule is C=CCCNC(=O)/C=C/[C@@H](NC(=O)[C@H](C)CC(=O)[C@@H](NC(C)C)C(C)C)C(C)C. The zero-order chi connectivity index (χ0) is 22.6. The van der Waals surface area contributed by atoms with Gasteiger partial charge in [-0.2, -0.15) is 0 Å². The van der Waals surface area contributed by atoms with Crippen molar-refractivity contribution in [2.75, 3.05) is 6.54 Å². The number of carbonyl (C=O) groups excluding carboxylic acids is 3. The molecule has 3 atom stereocenters. The lowest BCUT2D eigenvalue weighted by Gasteiger charge is -2.25. The van der Waals surface area contributed by atoms with Crippen LogP contribution in [-0.2, 0) is 14.4 Å². The minimum Gasteiger partial charge on any atom is -0.352 e. The third-order valence-electron chi connectivity index (χ3n) is 4.61. The van der Waals surface area contributed by atoms with Crippen molar-refractivity contribution in [1.29, 1.82) is 0 Å². The van der Waals surface area contributed by atoms with Crippen molar-refractivity contribution >= 4 is 17.6 Å². The van der Waals surface area contributed by atoms with Crippen molar-refractivity contribution in [3.05, 3.63) is 24.8 Å². The van der Waals surface area contributed by atoms with Gasteiger partial charge < -0.3 is 16.0 Å². The molecule has 0 aliphatic heterocycles. The molecule has 29 heavy (non-hydrogen) atoms. The Hall–Kier alpha value is -1.95. The highest BCUT2D eigenvalue weighted by atomic mass is 16.2. The van der Waals surface area contributed by atoms with Crippen LogP contribution in [0.3, 0.4) is 0 Å². The number of carbonyl (C=O) groups is 3. The summed E-state index contributed by atoms with van der Waals surface area (Å²) >= 11 is 0. The lowest BCUT2D eigenvalue weighted by Crippen LogP contribution is -2.46. The molecule has 2 amide bonds. The number of rotatable bonds is 14. The molecular formula is C23H41N3O3. The molecular weight excluding hydrogens is 366 g/mol. The van der Waals surface area contributed by atoms with Crippen LogP contribution in [0.15, 0.2) is 24.8 Å². The van der Waals surface area contributed by atoms with Gasteiger partial charge in [-0.15, -0.1) is 6.58 Å². The number of nitrogens with one attached hydrogen (secondary N) is 3. The first-order valence-corrected chi connectivity index (χ1v) is 10.7. The number of ketones is 1. The fourth-order valence-electron chi connectivity index (χ4n) is 2.83. The molecule has 0 radical (unpaired) electrons. The molecule has 0 aliphatic rings. The smallest absolute Gasteiger partial charge is 0.243 e. The van der Waals surface area contributed by atoms with E-state index in [0.717, 1.165) is 0 Å². The van der Waals surface area contributed by atoms with Crippen molar-refractivity contribution in [2.45, 2.75) is 79.4 Å². The van der Waals surface area contributed by atoms with Gasteiger partial charge in [0.15, 0.2) is 5.78 Å². The van der Waals surface area contributed by atoms with Crippen molar-refractivity contribution in [3.63, 3.8) is 0 Å². The Morgan fingerprint density at radius 1 is 0.966 bits per heavy atom. The van der Waals surface area contributed by atoms with Crippen LogP contribution in [0, 0.1) is 17.8 Å². The average Bonchev–Trinajstić information content (AvgIpc) is 2.62. The first kappa shape index (κ1) is 27.0. The minimum atomic E-state index is -0.436. The second-order valence-electron chi connectivity index (χ2n) is 8.62. The molecule has 3 N–H and O–H groups in total. The van der Waals surface area contributed by atoms with E-state index >= 15 is 0 Å². The summed E-state index contributed by atoms with van der Waals surface area (Å²) in [6, 6.07) is -0.339. The molecule has 166 valence electrons. The van der Waals surface area contributed by atoms with E-state index in [1.165, 1.54) is 6.08 Å². The van der Waals surface area contributed by atoms with E-state index in [4.69, 9.17) is 0 Å². The van der Waals surface area contributed by atoms with E-state index in [1.54, 1.807) is 19.1 Å². The molecule has 0 aromatic heterocycles. The highest BCUT2D eigenvalue weighted by Crippen LogP contribution is 2.13. The molecule has 0 aromatic carbocycles. The zero-order valence-electron chi connectivity index (χ0n) is 19.2. The highest BCUT2D eigenvalue weighted by molar-refractivity contribution is 5.90. The summed E-state index contributed by atoms with van der Waals surface area (Å²) in [5, 5.41) is 9.01. The van der Waals surface area contributed by atoms with Crippen LogP contribution in [-0.4, -0.2) is 42.3 Å². The minimum absolute atomic E-state index is 0.0505. The third kappa shape index (κ3) is 11.6. The second kappa shape index (κ2) is 14.1. The Kier molecular flexibility index (Phi) is 13.2. The number of hydrogen-bond donors (Lipinski definition) is 3. The van der Waals surface area contributed by atoms with E-state index in [0.29, 0.717) is 13.0 Å². The summed E-state index contributed by atoms with van der Waals surface area (Å²) < 4.78 is 0. The van der Waals surface area contributed by atoms with Gasteiger partial charge >= 0.3 is 0 Å². The van der Waals surface area contributed by atoms with Gasteiger partial charge in [-0.25, -0.2) is 0 Å². The van der Waals surface area contributed by atoms with Gasteiger partial charge in [-0.3, -0.25) is 14.4 Å². The van der Waals surface area contributed by atoms with Crippen molar-refractivity contribution in [3.8, 4) is 0 Å². The van der Waals surface area contributed by atoms with Crippen LogP contribution >= 0.6 is 0 Å². The summed E-state index contributed by atoms with van der Waals surface area (Å²) in [5.41, 5.74) is 0. The first-order chi connectivity index (χ1) is 13.5. The maximum absolute atomic E-state index is 12.7. The molecule has 0 saturated heterocycles. The van der Waals surface area contributed by atoms with Crippen LogP contribution in [0.25, 0.3) is 0 Å². The number of Topliss-reactive ketones (excluding diaryl/α,β-unsaturated/α-hetero) is 1. The second-order valence-corrected chi connectivity index (χ2v) is 8.62. The Morgan fingerprint density at radius 3 is 2.07 bits per heavy atom. The fraction of sp³-hybridized carbons (Fsp3) is 0.696. The Morgan fingerprint density at radius 2 is 1.59 bits per heavy atom. The normalized spacial score (nSPS) is 14.8. The summed E-state index contributed by atoms with van der Waals surface area (Å²) in [6.45, 7) is 17.9. The molecule has 6 heteroatoms. The highest BCUT2D eigenvalue weighted by Gasteiger charge is 2.27. The number of amides is 2. The molecule has 0 heterocycles. The van der Waals surface area contributed by atoms with Gasteiger partial charge in [-0.05, 0) is 18.3 Å². The molecule has 0 rings (SSSR count). The fourth-order valence-corrected chi connectivity index (χ4v) is 2.83. The van der Waals surface area contributed by atoms with E-state index in [-0.39, 0.29) is 54.0 Å². The van der Waals surface area contributed by atoms with Crippen LogP contribution < -0.4 is 16.0 Å². The Balaban J connectivity index is 4.86. The predicted molar refractivity (Wildman–Crippen MR) is 119 cm³/mol. The number of hydrogen-bond acceptors (Lipinski definition) is 4.